The largest absolute Gasteiger partial charge is 0.507 e. The molecule has 2 N–H and O–H groups in total. The van der Waals surface area contributed by atoms with Crippen molar-refractivity contribution in [3.8, 4) is 11.5 Å². The van der Waals surface area contributed by atoms with E-state index in [1.54, 1.807) is 30.3 Å². The highest BCUT2D eigenvalue weighted by Gasteiger charge is 2.65. The quantitative estimate of drug-likeness (QED) is 0.110. The van der Waals surface area contributed by atoms with Crippen molar-refractivity contribution in [3.05, 3.63) is 36.4 Å². The second-order valence-electron chi connectivity index (χ2n) is 26.5. The van der Waals surface area contributed by atoms with E-state index in [4.69, 9.17) is 28.4 Å². The van der Waals surface area contributed by atoms with Gasteiger partial charge < -0.3 is 38.6 Å². The monoisotopic (exact) mass is 1040 g/mol. The zero-order chi connectivity index (χ0) is 54.9. The smallest absolute Gasteiger partial charge is 0.316 e. The maximum absolute atomic E-state index is 12.5. The van der Waals surface area contributed by atoms with Gasteiger partial charge in [-0.2, -0.15) is 0 Å². The third-order valence-corrected chi connectivity index (χ3v) is 19.2. The molecular formula is C62H92O13. The predicted molar refractivity (Wildman–Crippen MR) is 286 cm³/mol. The Bertz CT molecular complexity index is 2350. The first kappa shape index (κ1) is 58.5. The number of ether oxygens (including phenoxy) is 6. The number of fused-ring (bicyclic) bond motifs is 2. The van der Waals surface area contributed by atoms with Crippen molar-refractivity contribution in [1.29, 1.82) is 0 Å². The Hall–Kier alpha value is -4.23. The average Bonchev–Trinajstić information content (AvgIpc) is 4.15. The highest BCUT2D eigenvalue weighted by Crippen LogP contribution is 2.59. The Morgan fingerprint density at radius 1 is 0.640 bits per heavy atom. The van der Waals surface area contributed by atoms with Crippen molar-refractivity contribution >= 4 is 40.6 Å². The van der Waals surface area contributed by atoms with E-state index in [-0.39, 0.29) is 70.3 Å². The van der Waals surface area contributed by atoms with Gasteiger partial charge in [-0.3, -0.25) is 24.0 Å². The predicted octanol–water partition coefficient (Wildman–Crippen LogP) is 12.8. The third kappa shape index (κ3) is 12.7. The van der Waals surface area contributed by atoms with Crippen LogP contribution in [0.25, 0.3) is 10.8 Å². The van der Waals surface area contributed by atoms with Gasteiger partial charge in [0.2, 0.25) is 0 Å². The Morgan fingerprint density at radius 3 is 1.75 bits per heavy atom. The lowest BCUT2D eigenvalue weighted by molar-refractivity contribution is -0.225. The highest BCUT2D eigenvalue weighted by atomic mass is 16.7. The molecular weight excluding hydrogens is 953 g/mol. The summed E-state index contributed by atoms with van der Waals surface area (Å²) in [5, 5.41) is 21.9. The van der Waals surface area contributed by atoms with Crippen LogP contribution in [-0.2, 0) is 47.7 Å². The van der Waals surface area contributed by atoms with E-state index >= 15 is 0 Å². The fraction of sp³-hybridized carbons (Fsp3) is 0.758. The summed E-state index contributed by atoms with van der Waals surface area (Å²) in [6.07, 6.45) is 19.3. The number of aliphatic hydroxyl groups is 1. The lowest BCUT2D eigenvalue weighted by atomic mass is 9.52. The minimum atomic E-state index is -0.555. The van der Waals surface area contributed by atoms with Crippen LogP contribution in [0.15, 0.2) is 36.4 Å². The highest BCUT2D eigenvalue weighted by molar-refractivity contribution is 5.94. The van der Waals surface area contributed by atoms with Crippen molar-refractivity contribution in [2.75, 3.05) is 0 Å². The van der Waals surface area contributed by atoms with Crippen LogP contribution in [0.5, 0.6) is 11.5 Å². The number of benzene rings is 2. The van der Waals surface area contributed by atoms with Crippen LogP contribution < -0.4 is 4.74 Å². The van der Waals surface area contributed by atoms with Crippen LogP contribution >= 0.6 is 0 Å². The summed E-state index contributed by atoms with van der Waals surface area (Å²) in [5.74, 6) is 1.51. The van der Waals surface area contributed by atoms with E-state index in [0.717, 1.165) is 56.8 Å². The van der Waals surface area contributed by atoms with Gasteiger partial charge in [0, 0.05) is 17.2 Å². The third-order valence-electron chi connectivity index (χ3n) is 19.2. The molecule has 7 atom stereocenters. The maximum Gasteiger partial charge on any atom is 0.316 e. The van der Waals surface area contributed by atoms with E-state index in [2.05, 4.69) is 6.92 Å². The summed E-state index contributed by atoms with van der Waals surface area (Å²) in [6.45, 7) is 23.3. The fourth-order valence-electron chi connectivity index (χ4n) is 12.9. The second kappa shape index (κ2) is 22.6. The molecule has 2 aromatic rings. The Labute approximate surface area is 447 Å². The van der Waals surface area contributed by atoms with Crippen LogP contribution in [-0.4, -0.2) is 81.3 Å². The van der Waals surface area contributed by atoms with Crippen LogP contribution in [0.4, 0.5) is 0 Å². The molecule has 11 rings (SSSR count). The van der Waals surface area contributed by atoms with Crippen molar-refractivity contribution in [2.24, 2.45) is 45.3 Å². The number of carbonyl (C=O) groups excluding carboxylic acids is 5. The lowest BCUT2D eigenvalue weighted by Crippen LogP contribution is -2.61. The van der Waals surface area contributed by atoms with Gasteiger partial charge in [0.1, 0.15) is 28.8 Å². The summed E-state index contributed by atoms with van der Waals surface area (Å²) in [6, 6.07) is 10.5. The zero-order valence-electron chi connectivity index (χ0n) is 47.6. The number of carbonyl (C=O) groups is 5. The van der Waals surface area contributed by atoms with E-state index in [9.17, 15) is 34.2 Å². The summed E-state index contributed by atoms with van der Waals surface area (Å²) in [4.78, 5) is 60.6. The van der Waals surface area contributed by atoms with Gasteiger partial charge in [-0.15, -0.1) is 0 Å². The molecule has 0 radical (unpaired) electrons. The van der Waals surface area contributed by atoms with Crippen molar-refractivity contribution < 1.29 is 62.6 Å². The standard InChI is InChI=1S/C17H30O2.C16H26O3.C16H18O3.C13H18O5/c1-4-16(2,3)15(18)19-17(12-8-9-13-17)14-10-6-5-7-11-14;1-4-14(2,3)13(17)19-16-8-11-5-12(9-16)7-15(18,6-11)10-16;1-4-16(2,3)15(18)19-14-10-6-7-11-12(14)8-5-9-13(11)17;1-4-13(2,3)12(15)18-9-7-5-6-8(16-7)10(9)17-11(6)14/h14H,4-13H2,1-3H3;11-12,18H,4-10H2,1-3H3;5-10,17H,4H2,1-3H3;6-10H,4-5H2,1-3H3. The molecule has 3 saturated heterocycles. The Morgan fingerprint density at radius 2 is 1.17 bits per heavy atom. The summed E-state index contributed by atoms with van der Waals surface area (Å²) in [7, 11) is 0. The van der Waals surface area contributed by atoms with Gasteiger partial charge in [0.15, 0.2) is 12.2 Å². The molecule has 9 fully saturated rings. The van der Waals surface area contributed by atoms with Crippen LogP contribution in [0, 0.1) is 45.3 Å². The zero-order valence-corrected chi connectivity index (χ0v) is 47.6. The number of phenolic OH excluding ortho intramolecular Hbond substituents is 1. The molecule has 418 valence electrons. The van der Waals surface area contributed by atoms with E-state index < -0.39 is 34.1 Å². The number of esters is 5. The molecule has 6 saturated carbocycles. The van der Waals surface area contributed by atoms with Gasteiger partial charge in [0.25, 0.3) is 0 Å². The summed E-state index contributed by atoms with van der Waals surface area (Å²) < 4.78 is 34.1. The molecule has 2 aromatic carbocycles. The van der Waals surface area contributed by atoms with E-state index in [1.807, 2.05) is 82.2 Å². The SMILES string of the molecule is CCC(C)(C)C(=O)OC1(C2CCCCC2)CCCC1.CCC(C)(C)C(=O)OC12CC3CC(CC(O)(C3)C1)C2.CCC(C)(C)C(=O)OC1C2CC3C(=O)OC1C3O2.CCC(C)(C)C(=O)Oc1cccc2c(O)cccc12. The van der Waals surface area contributed by atoms with E-state index in [0.29, 0.717) is 54.6 Å². The fourth-order valence-corrected chi connectivity index (χ4v) is 12.9. The van der Waals surface area contributed by atoms with Crippen LogP contribution in [0.3, 0.4) is 0 Å². The molecule has 0 aromatic heterocycles. The van der Waals surface area contributed by atoms with Crippen molar-refractivity contribution in [1.82, 2.24) is 0 Å². The first-order valence-electron chi connectivity index (χ1n) is 28.8. The topological polar surface area (TPSA) is 181 Å². The Kier molecular flexibility index (Phi) is 17.6. The molecule has 7 unspecified atom stereocenters. The van der Waals surface area contributed by atoms with Gasteiger partial charge in [-0.25, -0.2) is 0 Å². The van der Waals surface area contributed by atoms with Crippen molar-refractivity contribution in [3.63, 3.8) is 0 Å². The normalized spacial score (nSPS) is 30.2. The molecule has 6 bridgehead atoms. The molecule has 13 heteroatoms. The molecule has 3 heterocycles. The first-order chi connectivity index (χ1) is 35.2. The number of rotatable bonds is 13. The van der Waals surface area contributed by atoms with Gasteiger partial charge in [-0.1, -0.05) is 71.2 Å². The Balaban J connectivity index is 0.000000146. The van der Waals surface area contributed by atoms with Crippen molar-refractivity contribution in [2.45, 2.75) is 253 Å². The average molecular weight is 1050 g/mol. The molecule has 75 heavy (non-hydrogen) atoms. The van der Waals surface area contributed by atoms with Gasteiger partial charge >= 0.3 is 29.8 Å². The molecule has 13 nitrogen and oxygen atoms in total. The number of hydrogen-bond donors (Lipinski definition) is 2. The van der Waals surface area contributed by atoms with Gasteiger partial charge in [-0.05, 0) is 188 Å². The molecule has 0 spiro atoms. The minimum Gasteiger partial charge on any atom is -0.507 e. The minimum absolute atomic E-state index is 0.0301. The van der Waals surface area contributed by atoms with Gasteiger partial charge in [0.05, 0.1) is 39.3 Å². The number of hydrogen-bond acceptors (Lipinski definition) is 13. The summed E-state index contributed by atoms with van der Waals surface area (Å²) in [5.41, 5.74) is -2.79. The number of aromatic hydroxyl groups is 1. The maximum atomic E-state index is 12.5. The van der Waals surface area contributed by atoms with Crippen LogP contribution in [0.1, 0.15) is 212 Å². The molecule has 6 aliphatic carbocycles. The van der Waals surface area contributed by atoms with Crippen LogP contribution in [0.2, 0.25) is 0 Å². The molecule has 0 amide bonds. The first-order valence-corrected chi connectivity index (χ1v) is 28.8. The number of phenols is 1. The lowest BCUT2D eigenvalue weighted by Gasteiger charge is -2.59. The molecule has 9 aliphatic rings. The van der Waals surface area contributed by atoms with E-state index in [1.165, 1.54) is 51.4 Å². The molecule has 3 aliphatic heterocycles. The summed E-state index contributed by atoms with van der Waals surface area (Å²) >= 11 is 0. The second-order valence-corrected chi connectivity index (χ2v) is 26.5.